The fraction of sp³-hybridized carbons (Fsp3) is 0. The SMILES string of the molecule is NOc1ccccc1C=O.O=Cc1ccccc1O.O=Cc1ccccc1O. The highest BCUT2D eigenvalue weighted by atomic mass is 16.6. The Morgan fingerprint density at radius 1 is 0.607 bits per heavy atom. The molecule has 3 rings (SSSR count). The highest BCUT2D eigenvalue weighted by Gasteiger charge is 1.97. The maximum Gasteiger partial charge on any atom is 0.157 e. The quantitative estimate of drug-likeness (QED) is 0.468. The molecule has 4 N–H and O–H groups in total. The molecule has 28 heavy (non-hydrogen) atoms. The van der Waals surface area contributed by atoms with Gasteiger partial charge in [0.2, 0.25) is 0 Å². The van der Waals surface area contributed by atoms with Crippen LogP contribution >= 0.6 is 0 Å². The monoisotopic (exact) mass is 381 g/mol. The van der Waals surface area contributed by atoms with Crippen LogP contribution in [0.1, 0.15) is 31.1 Å². The van der Waals surface area contributed by atoms with Crippen molar-refractivity contribution in [3.05, 3.63) is 89.5 Å². The van der Waals surface area contributed by atoms with Crippen LogP contribution in [0.25, 0.3) is 0 Å². The predicted octanol–water partition coefficient (Wildman–Crippen LogP) is 3.16. The van der Waals surface area contributed by atoms with Gasteiger partial charge < -0.3 is 15.1 Å². The van der Waals surface area contributed by atoms with Crippen molar-refractivity contribution in [3.8, 4) is 17.2 Å². The minimum absolute atomic E-state index is 0.0347. The van der Waals surface area contributed by atoms with Gasteiger partial charge in [0.15, 0.2) is 24.6 Å². The topological polar surface area (TPSA) is 127 Å². The zero-order valence-electron chi connectivity index (χ0n) is 14.8. The second-order valence-electron chi connectivity index (χ2n) is 5.13. The Morgan fingerprint density at radius 2 is 0.964 bits per heavy atom. The van der Waals surface area contributed by atoms with Crippen LogP contribution in [-0.2, 0) is 0 Å². The van der Waals surface area contributed by atoms with Gasteiger partial charge in [0, 0.05) is 0 Å². The average Bonchev–Trinajstić information content (AvgIpc) is 2.75. The van der Waals surface area contributed by atoms with Gasteiger partial charge in [-0.05, 0) is 36.4 Å². The van der Waals surface area contributed by atoms with Crippen molar-refractivity contribution in [3.63, 3.8) is 0 Å². The standard InChI is InChI=1S/C7H7NO2.2C7H6O2/c8-10-7-4-2-1-3-6(7)5-9;2*8-5-6-3-1-2-4-7(6)9/h1-5H,8H2;2*1-5,9H. The molecule has 0 saturated carbocycles. The maximum atomic E-state index is 10.3. The lowest BCUT2D eigenvalue weighted by Crippen LogP contribution is -2.03. The molecule has 0 bridgehead atoms. The molecule has 0 aliphatic heterocycles. The van der Waals surface area contributed by atoms with Gasteiger partial charge in [0.25, 0.3) is 0 Å². The molecule has 3 aromatic rings. The summed E-state index contributed by atoms with van der Waals surface area (Å²) >= 11 is 0. The van der Waals surface area contributed by atoms with Crippen LogP contribution < -0.4 is 10.7 Å². The van der Waals surface area contributed by atoms with Gasteiger partial charge >= 0.3 is 0 Å². The third kappa shape index (κ3) is 7.11. The van der Waals surface area contributed by atoms with E-state index >= 15 is 0 Å². The maximum absolute atomic E-state index is 10.3. The Bertz CT molecular complexity index is 861. The molecule has 0 atom stereocenters. The van der Waals surface area contributed by atoms with Gasteiger partial charge in [-0.1, -0.05) is 36.4 Å². The van der Waals surface area contributed by atoms with Crippen LogP contribution in [0.4, 0.5) is 0 Å². The number of rotatable bonds is 4. The zero-order chi connectivity index (χ0) is 20.8. The number of para-hydroxylation sites is 3. The van der Waals surface area contributed by atoms with Crippen molar-refractivity contribution in [1.29, 1.82) is 0 Å². The number of nitrogens with two attached hydrogens (primary N) is 1. The van der Waals surface area contributed by atoms with E-state index in [0.29, 0.717) is 41.3 Å². The third-order valence-corrected chi connectivity index (χ3v) is 3.30. The molecule has 0 spiro atoms. The minimum atomic E-state index is 0.0347. The number of hydrogen-bond donors (Lipinski definition) is 3. The normalized spacial score (nSPS) is 8.89. The lowest BCUT2D eigenvalue weighted by molar-refractivity contribution is 0.111. The molecule has 0 radical (unpaired) electrons. The van der Waals surface area contributed by atoms with Gasteiger partial charge in [-0.2, -0.15) is 5.90 Å². The van der Waals surface area contributed by atoms with Gasteiger partial charge in [0.1, 0.15) is 11.5 Å². The highest BCUT2D eigenvalue weighted by molar-refractivity contribution is 5.79. The van der Waals surface area contributed by atoms with E-state index < -0.39 is 0 Å². The molecule has 144 valence electrons. The fourth-order valence-corrected chi connectivity index (χ4v) is 1.86. The van der Waals surface area contributed by atoms with E-state index in [-0.39, 0.29) is 11.5 Å². The van der Waals surface area contributed by atoms with Crippen molar-refractivity contribution in [1.82, 2.24) is 0 Å². The lowest BCUT2D eigenvalue weighted by Gasteiger charge is -1.98. The first-order valence-corrected chi connectivity index (χ1v) is 7.94. The number of hydrogen-bond acceptors (Lipinski definition) is 7. The molecule has 7 heteroatoms. The summed E-state index contributed by atoms with van der Waals surface area (Å²) in [4.78, 5) is 34.8. The van der Waals surface area contributed by atoms with Crippen LogP contribution in [-0.4, -0.2) is 29.1 Å². The summed E-state index contributed by atoms with van der Waals surface area (Å²) in [7, 11) is 0. The number of carbonyl (C=O) groups is 3. The van der Waals surface area contributed by atoms with E-state index in [2.05, 4.69) is 4.84 Å². The molecule has 0 amide bonds. The molecule has 3 aromatic carbocycles. The van der Waals surface area contributed by atoms with Crippen molar-refractivity contribution < 1.29 is 29.4 Å². The summed E-state index contributed by atoms with van der Waals surface area (Å²) in [5, 5.41) is 17.8. The lowest BCUT2D eigenvalue weighted by atomic mass is 10.2. The van der Waals surface area contributed by atoms with Gasteiger partial charge in [-0.25, -0.2) is 0 Å². The van der Waals surface area contributed by atoms with E-state index in [1.54, 1.807) is 60.7 Å². The summed E-state index contributed by atoms with van der Waals surface area (Å²) in [6, 6.07) is 19.6. The zero-order valence-corrected chi connectivity index (χ0v) is 14.8. The van der Waals surface area contributed by atoms with Gasteiger partial charge in [0.05, 0.1) is 16.7 Å². The summed E-state index contributed by atoms with van der Waals surface area (Å²) < 4.78 is 0. The Morgan fingerprint density at radius 3 is 1.25 bits per heavy atom. The van der Waals surface area contributed by atoms with E-state index in [1.165, 1.54) is 12.1 Å². The van der Waals surface area contributed by atoms with Gasteiger partial charge in [-0.15, -0.1) is 0 Å². The molecule has 0 aliphatic carbocycles. The van der Waals surface area contributed by atoms with Crippen molar-refractivity contribution in [2.45, 2.75) is 0 Å². The molecule has 0 fully saturated rings. The van der Waals surface area contributed by atoms with Crippen LogP contribution in [0, 0.1) is 0 Å². The number of benzene rings is 3. The number of phenols is 2. The molecule has 0 saturated heterocycles. The summed E-state index contributed by atoms with van der Waals surface area (Å²) in [5.41, 5.74) is 1.13. The number of aldehydes is 3. The summed E-state index contributed by atoms with van der Waals surface area (Å²) in [5.74, 6) is 5.34. The largest absolute Gasteiger partial charge is 0.507 e. The first-order valence-electron chi connectivity index (χ1n) is 7.94. The number of carbonyl (C=O) groups excluding carboxylic acids is 3. The predicted molar refractivity (Wildman–Crippen MR) is 104 cm³/mol. The fourth-order valence-electron chi connectivity index (χ4n) is 1.86. The summed E-state index contributed by atoms with van der Waals surface area (Å²) in [6.45, 7) is 0. The molecular weight excluding hydrogens is 362 g/mol. The third-order valence-electron chi connectivity index (χ3n) is 3.30. The Kier molecular flexibility index (Phi) is 9.77. The molecule has 0 aliphatic rings. The first kappa shape index (κ1) is 22.1. The van der Waals surface area contributed by atoms with Crippen LogP contribution in [0.3, 0.4) is 0 Å². The second-order valence-corrected chi connectivity index (χ2v) is 5.13. The number of phenolic OH excluding ortho intramolecular Hbond substituents is 2. The van der Waals surface area contributed by atoms with E-state index in [9.17, 15) is 14.4 Å². The Hall–Kier alpha value is -3.97. The minimum Gasteiger partial charge on any atom is -0.507 e. The van der Waals surface area contributed by atoms with Crippen molar-refractivity contribution >= 4 is 18.9 Å². The van der Waals surface area contributed by atoms with Gasteiger partial charge in [-0.3, -0.25) is 14.4 Å². The Balaban J connectivity index is 0.000000210. The first-order chi connectivity index (χ1) is 13.6. The Labute approximate surface area is 161 Å². The molecular formula is C21H19NO6. The average molecular weight is 381 g/mol. The second kappa shape index (κ2) is 12.4. The molecule has 0 aromatic heterocycles. The molecule has 7 nitrogen and oxygen atoms in total. The molecule has 0 heterocycles. The van der Waals surface area contributed by atoms with Crippen molar-refractivity contribution in [2.24, 2.45) is 5.90 Å². The number of aromatic hydroxyl groups is 2. The van der Waals surface area contributed by atoms with Crippen molar-refractivity contribution in [2.75, 3.05) is 0 Å². The van der Waals surface area contributed by atoms with E-state index in [1.807, 2.05) is 0 Å². The van der Waals surface area contributed by atoms with E-state index in [0.717, 1.165) is 0 Å². The smallest absolute Gasteiger partial charge is 0.157 e. The highest BCUT2D eigenvalue weighted by Crippen LogP contribution is 2.13. The van der Waals surface area contributed by atoms with E-state index in [4.69, 9.17) is 16.1 Å². The van der Waals surface area contributed by atoms with Crippen LogP contribution in [0.15, 0.2) is 72.8 Å². The van der Waals surface area contributed by atoms with Crippen LogP contribution in [0.5, 0.6) is 17.2 Å². The molecule has 0 unspecified atom stereocenters. The summed E-state index contributed by atoms with van der Waals surface area (Å²) in [6.07, 6.45) is 1.94. The van der Waals surface area contributed by atoms with Crippen LogP contribution in [0.2, 0.25) is 0 Å².